The summed E-state index contributed by atoms with van der Waals surface area (Å²) in [7, 11) is 0. The Labute approximate surface area is 174 Å². The minimum atomic E-state index is -0.138. The highest BCUT2D eigenvalue weighted by molar-refractivity contribution is 5.73. The largest absolute Gasteiger partial charge is 0.494 e. The van der Waals surface area contributed by atoms with Crippen LogP contribution < -0.4 is 10.1 Å². The Morgan fingerprint density at radius 1 is 1.31 bits per heavy atom. The van der Waals surface area contributed by atoms with Crippen molar-refractivity contribution in [3.63, 3.8) is 0 Å². The SMILES string of the molecule is CC(=O)N[C@@H](C)[C@H](C)Oc1cc(C#CC2C=CC(OCC3CC3)=CC2)ccc1C. The first-order chi connectivity index (χ1) is 13.9. The molecule has 2 aliphatic rings. The van der Waals surface area contributed by atoms with Crippen LogP contribution in [0.4, 0.5) is 0 Å². The fraction of sp³-hybridized carbons (Fsp3) is 0.480. The number of hydrogen-bond donors (Lipinski definition) is 1. The summed E-state index contributed by atoms with van der Waals surface area (Å²) in [5.74, 6) is 9.30. The van der Waals surface area contributed by atoms with Crippen LogP contribution in [0.15, 0.2) is 42.2 Å². The molecule has 1 N–H and O–H groups in total. The molecule has 1 saturated carbocycles. The molecule has 0 radical (unpaired) electrons. The van der Waals surface area contributed by atoms with E-state index in [1.54, 1.807) is 0 Å². The first kappa shape index (κ1) is 21.0. The van der Waals surface area contributed by atoms with E-state index >= 15 is 0 Å². The van der Waals surface area contributed by atoms with Gasteiger partial charge in [-0.25, -0.2) is 0 Å². The second-order valence-electron chi connectivity index (χ2n) is 8.12. The third-order valence-corrected chi connectivity index (χ3v) is 5.29. The zero-order valence-corrected chi connectivity index (χ0v) is 17.8. The quantitative estimate of drug-likeness (QED) is 0.693. The summed E-state index contributed by atoms with van der Waals surface area (Å²) in [6, 6.07) is 5.95. The lowest BCUT2D eigenvalue weighted by Crippen LogP contribution is -2.41. The fourth-order valence-corrected chi connectivity index (χ4v) is 3.03. The Morgan fingerprint density at radius 2 is 2.10 bits per heavy atom. The Bertz CT molecular complexity index is 855. The molecule has 1 aromatic carbocycles. The van der Waals surface area contributed by atoms with Crippen molar-refractivity contribution >= 4 is 5.91 Å². The lowest BCUT2D eigenvalue weighted by Gasteiger charge is -2.23. The summed E-state index contributed by atoms with van der Waals surface area (Å²) in [6.07, 6.45) is 9.65. The Balaban J connectivity index is 1.57. The van der Waals surface area contributed by atoms with Gasteiger partial charge >= 0.3 is 0 Å². The molecule has 0 bridgehead atoms. The standard InChI is InChI=1S/C25H31NO3/c1-17-5-6-22(15-25(17)29-19(3)18(2)26-20(4)27)8-7-21-11-13-24(14-12-21)28-16-23-9-10-23/h5-6,11,13-15,18-19,21,23H,9-10,12,16H2,1-4H3,(H,26,27)/t18-,19-,21?/m0/s1. The van der Waals surface area contributed by atoms with Crippen LogP contribution in [-0.2, 0) is 9.53 Å². The van der Waals surface area contributed by atoms with Crippen molar-refractivity contribution in [2.75, 3.05) is 6.61 Å². The lowest BCUT2D eigenvalue weighted by atomic mass is 10.00. The highest BCUT2D eigenvalue weighted by atomic mass is 16.5. The van der Waals surface area contributed by atoms with E-state index in [0.29, 0.717) is 0 Å². The van der Waals surface area contributed by atoms with E-state index in [1.807, 2.05) is 45.0 Å². The molecule has 29 heavy (non-hydrogen) atoms. The third kappa shape index (κ3) is 6.71. The highest BCUT2D eigenvalue weighted by Crippen LogP contribution is 2.30. The average Bonchev–Trinajstić information content (AvgIpc) is 3.51. The van der Waals surface area contributed by atoms with Crippen molar-refractivity contribution in [3.8, 4) is 17.6 Å². The van der Waals surface area contributed by atoms with Crippen molar-refractivity contribution in [2.24, 2.45) is 11.8 Å². The first-order valence-electron chi connectivity index (χ1n) is 10.5. The molecule has 3 rings (SSSR count). The molecule has 1 unspecified atom stereocenters. The van der Waals surface area contributed by atoms with E-state index in [-0.39, 0.29) is 24.0 Å². The zero-order chi connectivity index (χ0) is 20.8. The van der Waals surface area contributed by atoms with E-state index in [4.69, 9.17) is 9.47 Å². The smallest absolute Gasteiger partial charge is 0.217 e. The van der Waals surface area contributed by atoms with Gasteiger partial charge < -0.3 is 14.8 Å². The molecule has 2 aliphatic carbocycles. The average molecular weight is 394 g/mol. The molecule has 1 amide bonds. The number of rotatable bonds is 7. The molecule has 0 aromatic heterocycles. The summed E-state index contributed by atoms with van der Waals surface area (Å²) in [4.78, 5) is 11.3. The Kier molecular flexibility index (Phi) is 7.04. The zero-order valence-electron chi connectivity index (χ0n) is 17.8. The predicted molar refractivity (Wildman–Crippen MR) is 115 cm³/mol. The summed E-state index contributed by atoms with van der Waals surface area (Å²) in [6.45, 7) is 8.27. The van der Waals surface area contributed by atoms with Crippen molar-refractivity contribution < 1.29 is 14.3 Å². The van der Waals surface area contributed by atoms with Crippen molar-refractivity contribution in [2.45, 2.75) is 59.1 Å². The molecule has 4 heteroatoms. The maximum absolute atomic E-state index is 11.3. The van der Waals surface area contributed by atoms with E-state index < -0.39 is 0 Å². The van der Waals surface area contributed by atoms with Gasteiger partial charge in [0.25, 0.3) is 0 Å². The molecular weight excluding hydrogens is 362 g/mol. The van der Waals surface area contributed by atoms with E-state index in [9.17, 15) is 4.79 Å². The van der Waals surface area contributed by atoms with Crippen LogP contribution in [-0.4, -0.2) is 24.7 Å². The maximum atomic E-state index is 11.3. The van der Waals surface area contributed by atoms with E-state index in [0.717, 1.165) is 41.6 Å². The molecule has 0 aliphatic heterocycles. The van der Waals surface area contributed by atoms with Crippen LogP contribution in [0, 0.1) is 30.6 Å². The van der Waals surface area contributed by atoms with Gasteiger partial charge in [-0.2, -0.15) is 0 Å². The molecule has 154 valence electrons. The van der Waals surface area contributed by atoms with Gasteiger partial charge in [0.05, 0.1) is 12.6 Å². The van der Waals surface area contributed by atoms with Crippen LogP contribution in [0.5, 0.6) is 5.75 Å². The molecular formula is C25H31NO3. The summed E-state index contributed by atoms with van der Waals surface area (Å²) < 4.78 is 11.9. The van der Waals surface area contributed by atoms with Gasteiger partial charge in [0.15, 0.2) is 0 Å². The molecule has 1 aromatic rings. The van der Waals surface area contributed by atoms with Gasteiger partial charge in [-0.3, -0.25) is 4.79 Å². The van der Waals surface area contributed by atoms with Crippen molar-refractivity contribution in [1.29, 1.82) is 0 Å². The molecule has 4 nitrogen and oxygen atoms in total. The first-order valence-corrected chi connectivity index (χ1v) is 10.5. The van der Waals surface area contributed by atoms with Gasteiger partial charge in [0.1, 0.15) is 17.6 Å². The number of aryl methyl sites for hydroxylation is 1. The topological polar surface area (TPSA) is 47.6 Å². The minimum Gasteiger partial charge on any atom is -0.494 e. The van der Waals surface area contributed by atoms with Gasteiger partial charge in [0.2, 0.25) is 5.91 Å². The number of nitrogens with one attached hydrogen (secondary N) is 1. The highest BCUT2D eigenvalue weighted by Gasteiger charge is 2.22. The number of ether oxygens (including phenoxy) is 2. The fourth-order valence-electron chi connectivity index (χ4n) is 3.03. The number of allylic oxidation sites excluding steroid dienone is 3. The molecule has 0 heterocycles. The monoisotopic (exact) mass is 393 g/mol. The Hall–Kier alpha value is -2.67. The summed E-state index contributed by atoms with van der Waals surface area (Å²) >= 11 is 0. The second-order valence-corrected chi connectivity index (χ2v) is 8.12. The maximum Gasteiger partial charge on any atom is 0.217 e. The van der Waals surface area contributed by atoms with Crippen LogP contribution in [0.3, 0.4) is 0 Å². The summed E-state index contributed by atoms with van der Waals surface area (Å²) in [5.41, 5.74) is 1.98. The number of hydrogen-bond acceptors (Lipinski definition) is 3. The number of amides is 1. The molecule has 3 atom stereocenters. The molecule has 1 fully saturated rings. The van der Waals surface area contributed by atoms with Crippen molar-refractivity contribution in [3.05, 3.63) is 53.3 Å². The van der Waals surface area contributed by atoms with Crippen LogP contribution >= 0.6 is 0 Å². The van der Waals surface area contributed by atoms with Gasteiger partial charge in [-0.15, -0.1) is 0 Å². The lowest BCUT2D eigenvalue weighted by molar-refractivity contribution is -0.120. The molecule has 0 spiro atoms. The third-order valence-electron chi connectivity index (χ3n) is 5.29. The number of benzene rings is 1. The normalized spacial score (nSPS) is 20.0. The van der Waals surface area contributed by atoms with Crippen molar-refractivity contribution in [1.82, 2.24) is 5.32 Å². The van der Waals surface area contributed by atoms with Crippen LogP contribution in [0.1, 0.15) is 51.2 Å². The number of carbonyl (C=O) groups is 1. The van der Waals surface area contributed by atoms with Crippen LogP contribution in [0.25, 0.3) is 0 Å². The van der Waals surface area contributed by atoms with Gasteiger partial charge in [-0.05, 0) is 75.8 Å². The minimum absolute atomic E-state index is 0.0556. The van der Waals surface area contributed by atoms with E-state index in [2.05, 4.69) is 29.3 Å². The van der Waals surface area contributed by atoms with Crippen LogP contribution in [0.2, 0.25) is 0 Å². The second kappa shape index (κ2) is 9.69. The van der Waals surface area contributed by atoms with Gasteiger partial charge in [0, 0.05) is 18.4 Å². The summed E-state index contributed by atoms with van der Waals surface area (Å²) in [5, 5.41) is 2.87. The molecule has 0 saturated heterocycles. The Morgan fingerprint density at radius 3 is 2.76 bits per heavy atom. The predicted octanol–water partition coefficient (Wildman–Crippen LogP) is 4.53. The van der Waals surface area contributed by atoms with Gasteiger partial charge in [-0.1, -0.05) is 24.0 Å². The number of carbonyl (C=O) groups excluding carboxylic acids is 1. The van der Waals surface area contributed by atoms with E-state index in [1.165, 1.54) is 19.8 Å².